The average molecular weight is 441 g/mol. The molecule has 1 aliphatic rings. The second kappa shape index (κ2) is 9.51. The van der Waals surface area contributed by atoms with Crippen LogP contribution in [0.4, 0.5) is 4.39 Å². The Morgan fingerprint density at radius 3 is 2.52 bits per heavy atom. The van der Waals surface area contributed by atoms with Gasteiger partial charge >= 0.3 is 0 Å². The molecule has 1 amide bonds. The summed E-state index contributed by atoms with van der Waals surface area (Å²) < 4.78 is 22.0. The van der Waals surface area contributed by atoms with Gasteiger partial charge in [0.25, 0.3) is 0 Å². The van der Waals surface area contributed by atoms with E-state index in [9.17, 15) is 9.18 Å². The molecule has 2 aromatic carbocycles. The van der Waals surface area contributed by atoms with Crippen molar-refractivity contribution in [3.63, 3.8) is 0 Å². The van der Waals surface area contributed by atoms with Crippen molar-refractivity contribution in [3.8, 4) is 22.8 Å². The molecular formula is C23H25FN4O2S. The number of amides is 1. The fourth-order valence-electron chi connectivity index (χ4n) is 3.65. The minimum atomic E-state index is -0.380. The number of hydrogen-bond donors (Lipinski definition) is 0. The van der Waals surface area contributed by atoms with E-state index < -0.39 is 0 Å². The van der Waals surface area contributed by atoms with Crippen LogP contribution in [0.3, 0.4) is 0 Å². The number of rotatable bonds is 7. The van der Waals surface area contributed by atoms with E-state index >= 15 is 0 Å². The molecule has 0 radical (unpaired) electrons. The van der Waals surface area contributed by atoms with Gasteiger partial charge in [-0.05, 0) is 63.1 Å². The van der Waals surface area contributed by atoms with Gasteiger partial charge in [0.05, 0.1) is 17.5 Å². The zero-order valence-electron chi connectivity index (χ0n) is 17.6. The highest BCUT2D eigenvalue weighted by atomic mass is 32.2. The van der Waals surface area contributed by atoms with Crippen LogP contribution in [0, 0.1) is 5.82 Å². The Morgan fingerprint density at radius 1 is 1.13 bits per heavy atom. The number of aromatic nitrogens is 3. The summed E-state index contributed by atoms with van der Waals surface area (Å²) in [4.78, 5) is 14.7. The maximum Gasteiger partial charge on any atom is 0.235 e. The molecule has 1 fully saturated rings. The smallest absolute Gasteiger partial charge is 0.235 e. The van der Waals surface area contributed by atoms with Gasteiger partial charge in [-0.1, -0.05) is 23.9 Å². The molecule has 0 spiro atoms. The van der Waals surface area contributed by atoms with E-state index in [-0.39, 0.29) is 17.0 Å². The zero-order chi connectivity index (χ0) is 21.8. The van der Waals surface area contributed by atoms with Crippen molar-refractivity contribution in [2.24, 2.45) is 0 Å². The third-order valence-electron chi connectivity index (χ3n) is 5.20. The van der Waals surface area contributed by atoms with Gasteiger partial charge in [0, 0.05) is 18.7 Å². The van der Waals surface area contributed by atoms with Crippen LogP contribution in [0.5, 0.6) is 5.75 Å². The Morgan fingerprint density at radius 2 is 1.84 bits per heavy atom. The van der Waals surface area contributed by atoms with Crippen molar-refractivity contribution in [2.75, 3.05) is 19.7 Å². The van der Waals surface area contributed by atoms with Crippen LogP contribution < -0.4 is 4.74 Å². The molecule has 1 aliphatic heterocycles. The maximum atomic E-state index is 14.8. The lowest BCUT2D eigenvalue weighted by atomic mass is 10.2. The molecule has 1 unspecified atom stereocenters. The van der Waals surface area contributed by atoms with Crippen molar-refractivity contribution >= 4 is 17.7 Å². The summed E-state index contributed by atoms with van der Waals surface area (Å²) in [5.41, 5.74) is 1.13. The summed E-state index contributed by atoms with van der Waals surface area (Å²) in [6.45, 7) is 5.95. The van der Waals surface area contributed by atoms with Crippen LogP contribution in [0.2, 0.25) is 0 Å². The van der Waals surface area contributed by atoms with Gasteiger partial charge in [0.15, 0.2) is 11.0 Å². The molecule has 1 aromatic heterocycles. The van der Waals surface area contributed by atoms with Gasteiger partial charge < -0.3 is 9.64 Å². The molecule has 3 aromatic rings. The Kier molecular flexibility index (Phi) is 6.56. The predicted molar refractivity (Wildman–Crippen MR) is 119 cm³/mol. The highest BCUT2D eigenvalue weighted by Gasteiger charge is 2.27. The minimum Gasteiger partial charge on any atom is -0.494 e. The van der Waals surface area contributed by atoms with Gasteiger partial charge in [-0.25, -0.2) is 4.39 Å². The minimum absolute atomic E-state index is 0.0770. The quantitative estimate of drug-likeness (QED) is 0.504. The first-order valence-electron chi connectivity index (χ1n) is 10.5. The molecule has 162 valence electrons. The van der Waals surface area contributed by atoms with Crippen molar-refractivity contribution in [1.82, 2.24) is 19.7 Å². The topological polar surface area (TPSA) is 60.3 Å². The fraction of sp³-hybridized carbons (Fsp3) is 0.348. The molecule has 0 bridgehead atoms. The molecule has 8 heteroatoms. The molecule has 2 heterocycles. The van der Waals surface area contributed by atoms with Gasteiger partial charge in [-0.3, -0.25) is 9.36 Å². The number of para-hydroxylation sites is 1. The summed E-state index contributed by atoms with van der Waals surface area (Å²) >= 11 is 1.30. The van der Waals surface area contributed by atoms with E-state index in [1.54, 1.807) is 22.8 Å². The van der Waals surface area contributed by atoms with Crippen LogP contribution in [0.1, 0.15) is 26.7 Å². The number of halogens is 1. The molecule has 31 heavy (non-hydrogen) atoms. The second-order valence-electron chi connectivity index (χ2n) is 7.34. The SMILES string of the molecule is CCOc1ccc(-c2nnc(SC(C)C(=O)N3CCCC3)n2-c2ccccc2F)cc1. The van der Waals surface area contributed by atoms with E-state index in [1.165, 1.54) is 17.8 Å². The monoisotopic (exact) mass is 440 g/mol. The van der Waals surface area contributed by atoms with E-state index in [0.29, 0.717) is 23.3 Å². The average Bonchev–Trinajstić information content (AvgIpc) is 3.45. The van der Waals surface area contributed by atoms with Crippen LogP contribution in [0.25, 0.3) is 17.1 Å². The van der Waals surface area contributed by atoms with Gasteiger partial charge in [0.1, 0.15) is 11.6 Å². The standard InChI is InChI=1S/C23H25FN4O2S/c1-3-30-18-12-10-17(11-13-18)21-25-26-23(28(21)20-9-5-4-8-19(20)24)31-16(2)22(29)27-14-6-7-15-27/h4-5,8-13,16H,3,6-7,14-15H2,1-2H3. The third kappa shape index (κ3) is 4.58. The van der Waals surface area contributed by atoms with E-state index in [4.69, 9.17) is 4.74 Å². The van der Waals surface area contributed by atoms with Gasteiger partial charge in [-0.2, -0.15) is 0 Å². The lowest BCUT2D eigenvalue weighted by molar-refractivity contribution is -0.129. The highest BCUT2D eigenvalue weighted by molar-refractivity contribution is 8.00. The lowest BCUT2D eigenvalue weighted by Gasteiger charge is -2.20. The van der Waals surface area contributed by atoms with Crippen molar-refractivity contribution in [2.45, 2.75) is 37.1 Å². The summed E-state index contributed by atoms with van der Waals surface area (Å²) in [6.07, 6.45) is 2.08. The normalized spacial score (nSPS) is 14.6. The number of likely N-dealkylation sites (tertiary alicyclic amines) is 1. The first kappa shape index (κ1) is 21.4. The first-order chi connectivity index (χ1) is 15.1. The highest BCUT2D eigenvalue weighted by Crippen LogP contribution is 2.32. The van der Waals surface area contributed by atoms with E-state index in [2.05, 4.69) is 10.2 Å². The molecule has 6 nitrogen and oxygen atoms in total. The van der Waals surface area contributed by atoms with Gasteiger partial charge in [0.2, 0.25) is 5.91 Å². The maximum absolute atomic E-state index is 14.8. The number of ether oxygens (including phenoxy) is 1. The Bertz CT molecular complexity index is 1050. The van der Waals surface area contributed by atoms with Crippen LogP contribution >= 0.6 is 11.8 Å². The fourth-order valence-corrected chi connectivity index (χ4v) is 4.60. The van der Waals surface area contributed by atoms with Gasteiger partial charge in [-0.15, -0.1) is 10.2 Å². The van der Waals surface area contributed by atoms with Crippen LogP contribution in [-0.4, -0.2) is 50.5 Å². The third-order valence-corrected chi connectivity index (χ3v) is 6.23. The number of hydrogen-bond acceptors (Lipinski definition) is 5. The molecular weight excluding hydrogens is 415 g/mol. The Labute approximate surface area is 185 Å². The second-order valence-corrected chi connectivity index (χ2v) is 8.65. The number of benzene rings is 2. The lowest BCUT2D eigenvalue weighted by Crippen LogP contribution is -2.34. The summed E-state index contributed by atoms with van der Waals surface area (Å²) in [5.74, 6) is 0.960. The molecule has 0 N–H and O–H groups in total. The predicted octanol–water partition coefficient (Wildman–Crippen LogP) is 4.58. The number of carbonyl (C=O) groups excluding carboxylic acids is 1. The Hall–Kier alpha value is -2.87. The van der Waals surface area contributed by atoms with E-state index in [0.717, 1.165) is 37.2 Å². The van der Waals surface area contributed by atoms with E-state index in [1.807, 2.05) is 43.0 Å². The van der Waals surface area contributed by atoms with Crippen LogP contribution in [0.15, 0.2) is 53.7 Å². The number of thioether (sulfide) groups is 1. The summed E-state index contributed by atoms with van der Waals surface area (Å²) in [6, 6.07) is 14.0. The zero-order valence-corrected chi connectivity index (χ0v) is 18.4. The molecule has 4 rings (SSSR count). The molecule has 0 saturated carbocycles. The number of carbonyl (C=O) groups is 1. The van der Waals surface area contributed by atoms with Crippen molar-refractivity contribution in [1.29, 1.82) is 0 Å². The Balaban J connectivity index is 1.70. The summed E-state index contributed by atoms with van der Waals surface area (Å²) in [5, 5.41) is 8.81. The summed E-state index contributed by atoms with van der Waals surface area (Å²) in [7, 11) is 0. The van der Waals surface area contributed by atoms with Crippen molar-refractivity contribution in [3.05, 3.63) is 54.3 Å². The first-order valence-corrected chi connectivity index (χ1v) is 11.4. The molecule has 1 atom stereocenters. The molecule has 0 aliphatic carbocycles. The largest absolute Gasteiger partial charge is 0.494 e. The number of nitrogens with zero attached hydrogens (tertiary/aromatic N) is 4. The van der Waals surface area contributed by atoms with Crippen molar-refractivity contribution < 1.29 is 13.9 Å². The molecule has 1 saturated heterocycles. The van der Waals surface area contributed by atoms with Crippen LogP contribution in [-0.2, 0) is 4.79 Å².